The van der Waals surface area contributed by atoms with Crippen LogP contribution in [0.15, 0.2) is 59.0 Å². The zero-order valence-electron chi connectivity index (χ0n) is 15.0. The molecule has 0 bridgehead atoms. The van der Waals surface area contributed by atoms with Gasteiger partial charge in [-0.2, -0.15) is 0 Å². The number of para-hydroxylation sites is 1. The summed E-state index contributed by atoms with van der Waals surface area (Å²) in [6.07, 6.45) is -0.105. The van der Waals surface area contributed by atoms with Crippen LogP contribution in [0.5, 0.6) is 0 Å². The number of nitrogens with zero attached hydrogens (tertiary/aromatic N) is 2. The Hall–Kier alpha value is -3.25. The van der Waals surface area contributed by atoms with Crippen molar-refractivity contribution in [2.75, 3.05) is 4.90 Å². The molecule has 1 aliphatic rings. The van der Waals surface area contributed by atoms with Crippen LogP contribution in [0.25, 0.3) is 0 Å². The lowest BCUT2D eigenvalue weighted by Gasteiger charge is -2.38. The predicted molar refractivity (Wildman–Crippen MR) is 98.3 cm³/mol. The van der Waals surface area contributed by atoms with E-state index in [1.807, 2.05) is 0 Å². The van der Waals surface area contributed by atoms with Gasteiger partial charge in [0.2, 0.25) is 0 Å². The molecule has 6 heteroatoms. The lowest BCUT2D eigenvalue weighted by atomic mass is 9.81. The molecule has 2 amide bonds. The molecule has 0 aliphatic carbocycles. The van der Waals surface area contributed by atoms with E-state index in [2.05, 4.69) is 4.98 Å². The van der Waals surface area contributed by atoms with E-state index in [4.69, 9.17) is 4.42 Å². The average Bonchev–Trinajstić information content (AvgIpc) is 2.98. The van der Waals surface area contributed by atoms with Gasteiger partial charge in [-0.3, -0.25) is 9.59 Å². The van der Waals surface area contributed by atoms with Crippen molar-refractivity contribution < 1.29 is 19.1 Å². The summed E-state index contributed by atoms with van der Waals surface area (Å²) in [5.41, 5.74) is -0.352. The second-order valence-corrected chi connectivity index (χ2v) is 6.61. The number of rotatable bonds is 3. The molecule has 0 radical (unpaired) electrons. The standard InChI is InChI=1S/C21H18N2O4/c1-13-18(27-14(2)22-13)12-21(26)17-11-7-6-10-16(17)19(24)23(20(21)25)15-8-4-3-5-9-15/h3-11,26H,12H2,1-2H3. The van der Waals surface area contributed by atoms with E-state index in [0.717, 1.165) is 4.90 Å². The van der Waals surface area contributed by atoms with Crippen LogP contribution >= 0.6 is 0 Å². The Morgan fingerprint density at radius 3 is 2.37 bits per heavy atom. The molecule has 136 valence electrons. The first-order valence-corrected chi connectivity index (χ1v) is 8.60. The van der Waals surface area contributed by atoms with Crippen molar-refractivity contribution in [2.24, 2.45) is 0 Å². The summed E-state index contributed by atoms with van der Waals surface area (Å²) in [5, 5.41) is 11.5. The summed E-state index contributed by atoms with van der Waals surface area (Å²) in [4.78, 5) is 31.6. The highest BCUT2D eigenvalue weighted by molar-refractivity contribution is 6.26. The summed E-state index contributed by atoms with van der Waals surface area (Å²) in [7, 11) is 0. The molecule has 0 spiro atoms. The van der Waals surface area contributed by atoms with Crippen LogP contribution < -0.4 is 4.90 Å². The second-order valence-electron chi connectivity index (χ2n) is 6.61. The number of aliphatic hydroxyl groups is 1. The number of hydrogen-bond donors (Lipinski definition) is 1. The van der Waals surface area contributed by atoms with E-state index < -0.39 is 17.4 Å². The summed E-state index contributed by atoms with van der Waals surface area (Å²) in [6.45, 7) is 3.46. The summed E-state index contributed by atoms with van der Waals surface area (Å²) >= 11 is 0. The van der Waals surface area contributed by atoms with E-state index >= 15 is 0 Å². The van der Waals surface area contributed by atoms with Crippen LogP contribution in [-0.2, 0) is 16.8 Å². The molecule has 4 rings (SSSR count). The smallest absolute Gasteiger partial charge is 0.271 e. The summed E-state index contributed by atoms with van der Waals surface area (Å²) < 4.78 is 5.59. The van der Waals surface area contributed by atoms with Crippen molar-refractivity contribution in [1.82, 2.24) is 4.98 Å². The number of fused-ring (bicyclic) bond motifs is 1. The molecule has 1 atom stereocenters. The van der Waals surface area contributed by atoms with Crippen molar-refractivity contribution >= 4 is 17.5 Å². The van der Waals surface area contributed by atoms with Crippen LogP contribution in [0.3, 0.4) is 0 Å². The van der Waals surface area contributed by atoms with Crippen LogP contribution in [0.4, 0.5) is 5.69 Å². The molecular formula is C21H18N2O4. The SMILES string of the molecule is Cc1nc(C)c(CC2(O)C(=O)N(c3ccccc3)C(=O)c3ccccc32)o1. The van der Waals surface area contributed by atoms with Gasteiger partial charge in [0.05, 0.1) is 11.4 Å². The maximum atomic E-state index is 13.3. The zero-order valence-corrected chi connectivity index (χ0v) is 15.0. The summed E-state index contributed by atoms with van der Waals surface area (Å²) in [5.74, 6) is -0.290. The fourth-order valence-electron chi connectivity index (χ4n) is 3.50. The zero-order chi connectivity index (χ0) is 19.2. The predicted octanol–water partition coefficient (Wildman–Crippen LogP) is 2.91. The van der Waals surface area contributed by atoms with E-state index in [-0.39, 0.29) is 17.5 Å². The molecule has 1 aromatic heterocycles. The van der Waals surface area contributed by atoms with E-state index in [9.17, 15) is 14.7 Å². The van der Waals surface area contributed by atoms with Crippen molar-refractivity contribution in [3.8, 4) is 0 Å². The highest BCUT2D eigenvalue weighted by Gasteiger charge is 2.51. The Balaban J connectivity index is 1.89. The van der Waals surface area contributed by atoms with E-state index in [1.165, 1.54) is 0 Å². The maximum Gasteiger partial charge on any atom is 0.271 e. The lowest BCUT2D eigenvalue weighted by molar-refractivity contribution is -0.138. The number of hydrogen-bond acceptors (Lipinski definition) is 5. The van der Waals surface area contributed by atoms with Crippen molar-refractivity contribution in [3.05, 3.63) is 83.1 Å². The molecule has 2 heterocycles. The summed E-state index contributed by atoms with van der Waals surface area (Å²) in [6, 6.07) is 15.2. The first-order chi connectivity index (χ1) is 12.9. The molecule has 1 unspecified atom stereocenters. The molecule has 2 aromatic carbocycles. The van der Waals surface area contributed by atoms with Gasteiger partial charge in [0.25, 0.3) is 11.8 Å². The van der Waals surface area contributed by atoms with Gasteiger partial charge in [0.1, 0.15) is 5.76 Å². The third kappa shape index (κ3) is 2.65. The van der Waals surface area contributed by atoms with Crippen LogP contribution in [-0.4, -0.2) is 21.9 Å². The first kappa shape index (κ1) is 17.2. The van der Waals surface area contributed by atoms with Crippen molar-refractivity contribution in [2.45, 2.75) is 25.9 Å². The Bertz CT molecular complexity index is 1040. The quantitative estimate of drug-likeness (QED) is 0.724. The molecule has 1 aliphatic heterocycles. The largest absolute Gasteiger partial charge is 0.446 e. The van der Waals surface area contributed by atoms with Gasteiger partial charge in [-0.05, 0) is 25.1 Å². The van der Waals surface area contributed by atoms with E-state index in [0.29, 0.717) is 23.0 Å². The van der Waals surface area contributed by atoms with Crippen molar-refractivity contribution in [3.63, 3.8) is 0 Å². The Labute approximate surface area is 156 Å². The molecule has 6 nitrogen and oxygen atoms in total. The minimum Gasteiger partial charge on any atom is -0.446 e. The molecule has 27 heavy (non-hydrogen) atoms. The fraction of sp³-hybridized carbons (Fsp3) is 0.190. The molecule has 0 fully saturated rings. The van der Waals surface area contributed by atoms with Crippen LogP contribution in [0.1, 0.15) is 33.3 Å². The monoisotopic (exact) mass is 362 g/mol. The number of carbonyl (C=O) groups excluding carboxylic acids is 2. The number of anilines is 1. The Morgan fingerprint density at radius 2 is 1.70 bits per heavy atom. The number of benzene rings is 2. The Kier molecular flexibility index (Phi) is 3.93. The highest BCUT2D eigenvalue weighted by Crippen LogP contribution is 2.38. The van der Waals surface area contributed by atoms with Gasteiger partial charge < -0.3 is 9.52 Å². The minimum atomic E-state index is -1.93. The molecule has 0 saturated heterocycles. The molecule has 3 aromatic rings. The lowest BCUT2D eigenvalue weighted by Crippen LogP contribution is -2.55. The number of amides is 2. The van der Waals surface area contributed by atoms with Gasteiger partial charge in [-0.25, -0.2) is 9.88 Å². The van der Waals surface area contributed by atoms with Crippen LogP contribution in [0.2, 0.25) is 0 Å². The second kappa shape index (κ2) is 6.17. The van der Waals surface area contributed by atoms with Crippen LogP contribution in [0, 0.1) is 13.8 Å². The molecular weight excluding hydrogens is 344 g/mol. The van der Waals surface area contributed by atoms with Gasteiger partial charge in [-0.15, -0.1) is 0 Å². The topological polar surface area (TPSA) is 83.6 Å². The number of aryl methyl sites for hydroxylation is 2. The number of carbonyl (C=O) groups is 2. The van der Waals surface area contributed by atoms with E-state index in [1.54, 1.807) is 68.4 Å². The first-order valence-electron chi connectivity index (χ1n) is 8.60. The van der Waals surface area contributed by atoms with Crippen molar-refractivity contribution in [1.29, 1.82) is 0 Å². The number of imide groups is 1. The minimum absolute atomic E-state index is 0.105. The maximum absolute atomic E-state index is 13.3. The molecule has 1 N–H and O–H groups in total. The number of aromatic nitrogens is 1. The van der Waals surface area contributed by atoms with Gasteiger partial charge >= 0.3 is 0 Å². The van der Waals surface area contributed by atoms with Gasteiger partial charge in [-0.1, -0.05) is 36.4 Å². The van der Waals surface area contributed by atoms with Gasteiger partial charge in [0, 0.05) is 24.5 Å². The Morgan fingerprint density at radius 1 is 1.04 bits per heavy atom. The highest BCUT2D eigenvalue weighted by atomic mass is 16.4. The fourth-order valence-corrected chi connectivity index (χ4v) is 3.50. The average molecular weight is 362 g/mol. The molecule has 0 saturated carbocycles. The third-order valence-corrected chi connectivity index (χ3v) is 4.79. The third-order valence-electron chi connectivity index (χ3n) is 4.79. The van der Waals surface area contributed by atoms with Gasteiger partial charge in [0.15, 0.2) is 11.5 Å². The number of oxazole rings is 1. The normalized spacial score (nSPS) is 19.3.